The third kappa shape index (κ3) is 3.41. The minimum atomic E-state index is -0.564. The lowest BCUT2D eigenvalue weighted by atomic mass is 10.1. The average molecular weight is 348 g/mol. The van der Waals surface area contributed by atoms with Gasteiger partial charge in [-0.2, -0.15) is 5.26 Å². The molecular formula is C19H16N4O3. The Hall–Kier alpha value is -3.63. The molecule has 0 spiro atoms. The molecule has 0 saturated heterocycles. The molecule has 3 N–H and O–H groups in total. The standard InChI is InChI=1S/C19H16N4O3/c1-26-15-6-7-16-17(8-15)21-11-14(9-20)18(16)22-10-12-2-4-13(5-3-12)19(24)23-25/h2-8,11,25H,10H2,1H3,(H,21,22)(H,23,24). The summed E-state index contributed by atoms with van der Waals surface area (Å²) in [6, 6.07) is 14.4. The second-order valence-electron chi connectivity index (χ2n) is 5.53. The van der Waals surface area contributed by atoms with Crippen LogP contribution in [0.1, 0.15) is 21.5 Å². The number of hydrogen-bond acceptors (Lipinski definition) is 6. The number of benzene rings is 2. The van der Waals surface area contributed by atoms with E-state index in [0.29, 0.717) is 29.1 Å². The quantitative estimate of drug-likeness (QED) is 0.483. The van der Waals surface area contributed by atoms with Crippen molar-refractivity contribution in [1.82, 2.24) is 10.5 Å². The van der Waals surface area contributed by atoms with Crippen LogP contribution in [0.3, 0.4) is 0 Å². The van der Waals surface area contributed by atoms with Gasteiger partial charge in [-0.05, 0) is 29.8 Å². The van der Waals surface area contributed by atoms with Crippen LogP contribution in [0.2, 0.25) is 0 Å². The number of nitrogens with zero attached hydrogens (tertiary/aromatic N) is 2. The van der Waals surface area contributed by atoms with Crippen molar-refractivity contribution in [2.24, 2.45) is 0 Å². The molecule has 1 aromatic heterocycles. The Kier molecular flexibility index (Phi) is 4.97. The van der Waals surface area contributed by atoms with Crippen molar-refractivity contribution in [3.05, 3.63) is 65.4 Å². The molecule has 1 heterocycles. The van der Waals surface area contributed by atoms with Gasteiger partial charge in [0.15, 0.2) is 0 Å². The summed E-state index contributed by atoms with van der Waals surface area (Å²) in [5, 5.41) is 22.1. The van der Waals surface area contributed by atoms with Crippen molar-refractivity contribution < 1.29 is 14.7 Å². The first kappa shape index (κ1) is 17.2. The summed E-state index contributed by atoms with van der Waals surface area (Å²) in [4.78, 5) is 15.7. The smallest absolute Gasteiger partial charge is 0.274 e. The monoisotopic (exact) mass is 348 g/mol. The summed E-state index contributed by atoms with van der Waals surface area (Å²) < 4.78 is 5.21. The number of pyridine rings is 1. The average Bonchev–Trinajstić information content (AvgIpc) is 2.71. The number of ether oxygens (including phenoxy) is 1. The number of aromatic nitrogens is 1. The van der Waals surface area contributed by atoms with Gasteiger partial charge in [0.2, 0.25) is 0 Å². The molecule has 130 valence electrons. The van der Waals surface area contributed by atoms with E-state index in [9.17, 15) is 10.1 Å². The lowest BCUT2D eigenvalue weighted by Crippen LogP contribution is -2.18. The van der Waals surface area contributed by atoms with Gasteiger partial charge in [0.25, 0.3) is 5.91 Å². The zero-order valence-corrected chi connectivity index (χ0v) is 14.0. The maximum Gasteiger partial charge on any atom is 0.274 e. The van der Waals surface area contributed by atoms with Gasteiger partial charge in [-0.15, -0.1) is 0 Å². The first-order valence-corrected chi connectivity index (χ1v) is 7.80. The van der Waals surface area contributed by atoms with E-state index in [-0.39, 0.29) is 0 Å². The van der Waals surface area contributed by atoms with Gasteiger partial charge in [0.05, 0.1) is 23.9 Å². The molecule has 0 atom stereocenters. The number of nitriles is 1. The minimum absolute atomic E-state index is 0.357. The number of fused-ring (bicyclic) bond motifs is 1. The van der Waals surface area contributed by atoms with Crippen LogP contribution in [0, 0.1) is 11.3 Å². The molecule has 0 bridgehead atoms. The van der Waals surface area contributed by atoms with E-state index in [1.165, 1.54) is 6.20 Å². The summed E-state index contributed by atoms with van der Waals surface area (Å²) >= 11 is 0. The van der Waals surface area contributed by atoms with Gasteiger partial charge < -0.3 is 10.1 Å². The predicted molar refractivity (Wildman–Crippen MR) is 96.0 cm³/mol. The summed E-state index contributed by atoms with van der Waals surface area (Å²) in [7, 11) is 1.59. The zero-order valence-electron chi connectivity index (χ0n) is 14.0. The molecule has 0 aliphatic rings. The minimum Gasteiger partial charge on any atom is -0.497 e. The molecule has 26 heavy (non-hydrogen) atoms. The predicted octanol–water partition coefficient (Wildman–Crippen LogP) is 2.85. The highest BCUT2D eigenvalue weighted by Gasteiger charge is 2.10. The zero-order chi connectivity index (χ0) is 18.5. The lowest BCUT2D eigenvalue weighted by Gasteiger charge is -2.12. The topological polar surface area (TPSA) is 107 Å². The Balaban J connectivity index is 1.88. The number of nitrogens with one attached hydrogen (secondary N) is 2. The number of carbonyl (C=O) groups excluding carboxylic acids is 1. The van der Waals surface area contributed by atoms with Gasteiger partial charge in [0, 0.05) is 29.8 Å². The van der Waals surface area contributed by atoms with E-state index in [1.807, 2.05) is 18.2 Å². The van der Waals surface area contributed by atoms with E-state index in [2.05, 4.69) is 16.4 Å². The van der Waals surface area contributed by atoms with Crippen molar-refractivity contribution in [1.29, 1.82) is 5.26 Å². The second kappa shape index (κ2) is 7.51. The summed E-state index contributed by atoms with van der Waals surface area (Å²) in [5.41, 5.74) is 4.73. The number of carbonyl (C=O) groups is 1. The Labute approximate surface area is 149 Å². The second-order valence-corrected chi connectivity index (χ2v) is 5.53. The van der Waals surface area contributed by atoms with E-state index in [0.717, 1.165) is 16.5 Å². The Bertz CT molecular complexity index is 994. The molecule has 0 saturated carbocycles. The van der Waals surface area contributed by atoms with Crippen LogP contribution < -0.4 is 15.5 Å². The lowest BCUT2D eigenvalue weighted by molar-refractivity contribution is 0.0706. The van der Waals surface area contributed by atoms with Crippen LogP contribution in [0.4, 0.5) is 5.69 Å². The molecule has 3 aromatic rings. The third-order valence-electron chi connectivity index (χ3n) is 3.98. The highest BCUT2D eigenvalue weighted by molar-refractivity contribution is 5.95. The normalized spacial score (nSPS) is 10.2. The Morgan fingerprint density at radius 3 is 2.69 bits per heavy atom. The van der Waals surface area contributed by atoms with Gasteiger partial charge in [0.1, 0.15) is 11.8 Å². The van der Waals surface area contributed by atoms with E-state index in [1.54, 1.807) is 36.9 Å². The largest absolute Gasteiger partial charge is 0.497 e. The molecule has 0 radical (unpaired) electrons. The first-order chi connectivity index (χ1) is 12.7. The van der Waals surface area contributed by atoms with Crippen molar-refractivity contribution in [3.63, 3.8) is 0 Å². The van der Waals surface area contributed by atoms with Crippen LogP contribution >= 0.6 is 0 Å². The summed E-state index contributed by atoms with van der Waals surface area (Å²) in [6.07, 6.45) is 1.53. The van der Waals surface area contributed by atoms with Crippen molar-refractivity contribution in [2.75, 3.05) is 12.4 Å². The number of hydroxylamine groups is 1. The molecule has 3 rings (SSSR count). The summed E-state index contributed by atoms with van der Waals surface area (Å²) in [5.74, 6) is 0.128. The Morgan fingerprint density at radius 2 is 2.04 bits per heavy atom. The summed E-state index contributed by atoms with van der Waals surface area (Å²) in [6.45, 7) is 0.459. The number of anilines is 1. The van der Waals surface area contributed by atoms with Crippen molar-refractivity contribution >= 4 is 22.5 Å². The molecule has 7 heteroatoms. The van der Waals surface area contributed by atoms with Crippen molar-refractivity contribution in [3.8, 4) is 11.8 Å². The maximum absolute atomic E-state index is 11.4. The first-order valence-electron chi connectivity index (χ1n) is 7.80. The molecule has 0 aliphatic heterocycles. The number of hydrogen-bond donors (Lipinski definition) is 3. The van der Waals surface area contributed by atoms with Gasteiger partial charge >= 0.3 is 0 Å². The van der Waals surface area contributed by atoms with Gasteiger partial charge in [-0.25, -0.2) is 5.48 Å². The van der Waals surface area contributed by atoms with Crippen molar-refractivity contribution in [2.45, 2.75) is 6.54 Å². The highest BCUT2D eigenvalue weighted by Crippen LogP contribution is 2.28. The van der Waals surface area contributed by atoms with Crippen LogP contribution in [-0.4, -0.2) is 23.2 Å². The number of rotatable bonds is 5. The van der Waals surface area contributed by atoms with Crippen LogP contribution in [0.5, 0.6) is 5.75 Å². The fraction of sp³-hybridized carbons (Fsp3) is 0.105. The molecule has 2 aromatic carbocycles. The highest BCUT2D eigenvalue weighted by atomic mass is 16.5. The molecule has 7 nitrogen and oxygen atoms in total. The van der Waals surface area contributed by atoms with E-state index < -0.39 is 5.91 Å². The molecular weight excluding hydrogens is 332 g/mol. The fourth-order valence-corrected chi connectivity index (χ4v) is 2.60. The Morgan fingerprint density at radius 1 is 1.27 bits per heavy atom. The van der Waals surface area contributed by atoms with Crippen LogP contribution in [0.15, 0.2) is 48.7 Å². The molecule has 0 unspecified atom stereocenters. The van der Waals surface area contributed by atoms with Gasteiger partial charge in [-0.1, -0.05) is 12.1 Å². The number of amides is 1. The third-order valence-corrected chi connectivity index (χ3v) is 3.98. The van der Waals surface area contributed by atoms with Crippen LogP contribution in [0.25, 0.3) is 10.9 Å². The van der Waals surface area contributed by atoms with Gasteiger partial charge in [-0.3, -0.25) is 15.0 Å². The van der Waals surface area contributed by atoms with E-state index in [4.69, 9.17) is 9.94 Å². The SMILES string of the molecule is COc1ccc2c(NCc3ccc(C(=O)NO)cc3)c(C#N)cnc2c1. The van der Waals surface area contributed by atoms with E-state index >= 15 is 0 Å². The van der Waals surface area contributed by atoms with Crippen LogP contribution in [-0.2, 0) is 6.54 Å². The molecule has 0 fully saturated rings. The molecule has 0 aliphatic carbocycles. The molecule has 1 amide bonds. The fourth-order valence-electron chi connectivity index (χ4n) is 2.60. The maximum atomic E-state index is 11.4. The number of methoxy groups -OCH3 is 1.